The Balaban J connectivity index is 1.98. The first-order valence-electron chi connectivity index (χ1n) is 7.13. The molecule has 0 saturated heterocycles. The van der Waals surface area contributed by atoms with Gasteiger partial charge in [0.2, 0.25) is 0 Å². The molecule has 0 amide bonds. The summed E-state index contributed by atoms with van der Waals surface area (Å²) < 4.78 is 0. The zero-order chi connectivity index (χ0) is 16.1. The topological polar surface area (TPSA) is 15.6 Å². The minimum atomic E-state index is 0.572. The van der Waals surface area contributed by atoms with Gasteiger partial charge in [-0.15, -0.1) is 0 Å². The van der Waals surface area contributed by atoms with Crippen LogP contribution in [0.15, 0.2) is 84.0 Å². The highest BCUT2D eigenvalue weighted by Gasteiger charge is 2.07. The Hall–Kier alpha value is -2.29. The van der Waals surface area contributed by atoms with Crippen LogP contribution in [0.2, 0.25) is 10.0 Å². The molecule has 0 fully saturated rings. The molecule has 0 aliphatic carbocycles. The summed E-state index contributed by atoms with van der Waals surface area (Å²) in [6.45, 7) is 0. The van der Waals surface area contributed by atoms with Gasteiger partial charge in [-0.05, 0) is 36.4 Å². The second-order valence-corrected chi connectivity index (χ2v) is 5.74. The average molecular weight is 341 g/mol. The van der Waals surface area contributed by atoms with Gasteiger partial charge in [0.1, 0.15) is 0 Å². The fourth-order valence-electron chi connectivity index (χ4n) is 2.15. The Kier molecular flexibility index (Phi) is 4.96. The van der Waals surface area contributed by atoms with Gasteiger partial charge in [0, 0.05) is 10.6 Å². The SMILES string of the molecule is Clc1ccc(/C=N\N(c2ccccc2)c2ccccc2)c(Cl)c1. The van der Waals surface area contributed by atoms with Crippen molar-refractivity contribution < 1.29 is 0 Å². The molecule has 0 aromatic heterocycles. The summed E-state index contributed by atoms with van der Waals surface area (Å²) in [5.41, 5.74) is 2.76. The summed E-state index contributed by atoms with van der Waals surface area (Å²) in [6, 6.07) is 25.3. The summed E-state index contributed by atoms with van der Waals surface area (Å²) in [7, 11) is 0. The Morgan fingerprint density at radius 3 is 1.83 bits per heavy atom. The summed E-state index contributed by atoms with van der Waals surface area (Å²) in [5.74, 6) is 0. The summed E-state index contributed by atoms with van der Waals surface area (Å²) in [4.78, 5) is 0. The third-order valence-corrected chi connectivity index (χ3v) is 3.84. The lowest BCUT2D eigenvalue weighted by atomic mass is 10.2. The standard InChI is InChI=1S/C19H14Cl2N2/c20-16-12-11-15(19(21)13-16)14-22-23(17-7-3-1-4-8-17)18-9-5-2-6-10-18/h1-14H/b22-14-. The van der Waals surface area contributed by atoms with Crippen LogP contribution in [0.5, 0.6) is 0 Å². The van der Waals surface area contributed by atoms with Gasteiger partial charge in [0.15, 0.2) is 0 Å². The number of nitrogens with zero attached hydrogens (tertiary/aromatic N) is 2. The van der Waals surface area contributed by atoms with E-state index < -0.39 is 0 Å². The molecule has 0 atom stereocenters. The van der Waals surface area contributed by atoms with Crippen molar-refractivity contribution in [3.8, 4) is 0 Å². The van der Waals surface area contributed by atoms with Crippen molar-refractivity contribution >= 4 is 40.8 Å². The van der Waals surface area contributed by atoms with Gasteiger partial charge in [0.05, 0.1) is 22.6 Å². The highest BCUT2D eigenvalue weighted by molar-refractivity contribution is 6.36. The third kappa shape index (κ3) is 3.92. The van der Waals surface area contributed by atoms with Crippen LogP contribution in [-0.2, 0) is 0 Å². The molecule has 23 heavy (non-hydrogen) atoms. The molecule has 3 aromatic rings. The molecule has 0 aliphatic heterocycles. The molecular weight excluding hydrogens is 327 g/mol. The van der Waals surface area contributed by atoms with Gasteiger partial charge in [-0.25, -0.2) is 5.01 Å². The van der Waals surface area contributed by atoms with Crippen molar-refractivity contribution in [3.63, 3.8) is 0 Å². The van der Waals surface area contributed by atoms with E-state index in [2.05, 4.69) is 5.10 Å². The lowest BCUT2D eigenvalue weighted by Crippen LogP contribution is -2.09. The van der Waals surface area contributed by atoms with E-state index in [1.54, 1.807) is 18.3 Å². The van der Waals surface area contributed by atoms with Crippen LogP contribution in [0.4, 0.5) is 11.4 Å². The predicted molar refractivity (Wildman–Crippen MR) is 99.1 cm³/mol. The molecule has 0 bridgehead atoms. The molecule has 4 heteroatoms. The maximum atomic E-state index is 6.21. The maximum absolute atomic E-state index is 6.21. The molecule has 0 N–H and O–H groups in total. The van der Waals surface area contributed by atoms with Crippen molar-refractivity contribution in [1.82, 2.24) is 0 Å². The van der Waals surface area contributed by atoms with Crippen molar-refractivity contribution in [2.75, 3.05) is 5.01 Å². The van der Waals surface area contributed by atoms with Crippen LogP contribution in [-0.4, -0.2) is 6.21 Å². The fourth-order valence-corrected chi connectivity index (χ4v) is 2.60. The number of anilines is 2. The van der Waals surface area contributed by atoms with Gasteiger partial charge < -0.3 is 0 Å². The molecule has 114 valence electrons. The molecule has 0 saturated carbocycles. The number of hydrogen-bond donors (Lipinski definition) is 0. The van der Waals surface area contributed by atoms with Crippen molar-refractivity contribution in [1.29, 1.82) is 0 Å². The van der Waals surface area contributed by atoms with Crippen LogP contribution in [0.3, 0.4) is 0 Å². The highest BCUT2D eigenvalue weighted by Crippen LogP contribution is 2.26. The summed E-state index contributed by atoms with van der Waals surface area (Å²) >= 11 is 12.1. The van der Waals surface area contributed by atoms with E-state index >= 15 is 0 Å². The van der Waals surface area contributed by atoms with Crippen LogP contribution in [0.1, 0.15) is 5.56 Å². The minimum Gasteiger partial charge on any atom is -0.234 e. The Labute approximate surface area is 145 Å². The van der Waals surface area contributed by atoms with Crippen LogP contribution < -0.4 is 5.01 Å². The van der Waals surface area contributed by atoms with E-state index in [0.29, 0.717) is 10.0 Å². The first-order valence-corrected chi connectivity index (χ1v) is 7.89. The van der Waals surface area contributed by atoms with E-state index in [0.717, 1.165) is 16.9 Å². The lowest BCUT2D eigenvalue weighted by molar-refractivity contribution is 1.09. The van der Waals surface area contributed by atoms with E-state index in [1.165, 1.54) is 0 Å². The number of hydrogen-bond acceptors (Lipinski definition) is 2. The van der Waals surface area contributed by atoms with E-state index in [-0.39, 0.29) is 0 Å². The quantitative estimate of drug-likeness (QED) is 0.409. The Morgan fingerprint density at radius 1 is 0.739 bits per heavy atom. The highest BCUT2D eigenvalue weighted by atomic mass is 35.5. The van der Waals surface area contributed by atoms with Crippen LogP contribution in [0, 0.1) is 0 Å². The van der Waals surface area contributed by atoms with Crippen LogP contribution in [0.25, 0.3) is 0 Å². The zero-order valence-electron chi connectivity index (χ0n) is 12.2. The minimum absolute atomic E-state index is 0.572. The Bertz CT molecular complexity index is 763. The third-order valence-electron chi connectivity index (χ3n) is 3.28. The van der Waals surface area contributed by atoms with E-state index in [9.17, 15) is 0 Å². The molecule has 0 radical (unpaired) electrons. The van der Waals surface area contributed by atoms with E-state index in [1.807, 2.05) is 71.7 Å². The molecule has 0 unspecified atom stereocenters. The lowest BCUT2D eigenvalue weighted by Gasteiger charge is -2.19. The molecule has 0 heterocycles. The van der Waals surface area contributed by atoms with Crippen molar-refractivity contribution in [2.45, 2.75) is 0 Å². The smallest absolute Gasteiger partial charge is 0.0652 e. The number of para-hydroxylation sites is 2. The average Bonchev–Trinajstić information content (AvgIpc) is 2.59. The fraction of sp³-hybridized carbons (Fsp3) is 0. The first kappa shape index (κ1) is 15.6. The first-order chi connectivity index (χ1) is 11.2. The Morgan fingerprint density at radius 2 is 1.30 bits per heavy atom. The number of benzene rings is 3. The predicted octanol–water partition coefficient (Wildman–Crippen LogP) is 6.17. The second-order valence-electron chi connectivity index (χ2n) is 4.89. The number of hydrazone groups is 1. The molecule has 3 aromatic carbocycles. The van der Waals surface area contributed by atoms with Gasteiger partial charge in [-0.2, -0.15) is 5.10 Å². The molecule has 3 rings (SSSR count). The molecule has 0 aliphatic rings. The summed E-state index contributed by atoms with van der Waals surface area (Å²) in [5, 5.41) is 7.65. The van der Waals surface area contributed by atoms with Gasteiger partial charge in [0.25, 0.3) is 0 Å². The molecule has 2 nitrogen and oxygen atoms in total. The maximum Gasteiger partial charge on any atom is 0.0652 e. The van der Waals surface area contributed by atoms with Gasteiger partial charge in [-0.1, -0.05) is 65.7 Å². The van der Waals surface area contributed by atoms with Crippen molar-refractivity contribution in [2.24, 2.45) is 5.10 Å². The largest absolute Gasteiger partial charge is 0.234 e. The molecule has 0 spiro atoms. The number of rotatable bonds is 4. The van der Waals surface area contributed by atoms with E-state index in [4.69, 9.17) is 23.2 Å². The zero-order valence-corrected chi connectivity index (χ0v) is 13.7. The second kappa shape index (κ2) is 7.32. The van der Waals surface area contributed by atoms with Crippen molar-refractivity contribution in [3.05, 3.63) is 94.5 Å². The monoisotopic (exact) mass is 340 g/mol. The van der Waals surface area contributed by atoms with Gasteiger partial charge >= 0.3 is 0 Å². The van der Waals surface area contributed by atoms with Gasteiger partial charge in [-0.3, -0.25) is 0 Å². The normalized spacial score (nSPS) is 10.9. The molecular formula is C19H14Cl2N2. The summed E-state index contributed by atoms with van der Waals surface area (Å²) in [6.07, 6.45) is 1.73. The van der Waals surface area contributed by atoms with Crippen LogP contribution >= 0.6 is 23.2 Å². The number of halogens is 2.